The summed E-state index contributed by atoms with van der Waals surface area (Å²) in [7, 11) is 0. The van der Waals surface area contributed by atoms with Crippen molar-refractivity contribution >= 4 is 41.2 Å². The smallest absolute Gasteiger partial charge is 0.329 e. The number of nitrogens with zero attached hydrogens (tertiary/aromatic N) is 1. The van der Waals surface area contributed by atoms with Crippen LogP contribution in [0.25, 0.3) is 6.08 Å². The summed E-state index contributed by atoms with van der Waals surface area (Å²) in [6.07, 6.45) is 1.45. The molecule has 0 aromatic heterocycles. The lowest BCUT2D eigenvalue weighted by Crippen LogP contribution is -2.38. The van der Waals surface area contributed by atoms with E-state index >= 15 is 0 Å². The number of imide groups is 1. The van der Waals surface area contributed by atoms with Crippen molar-refractivity contribution in [1.29, 1.82) is 0 Å². The van der Waals surface area contributed by atoms with Crippen molar-refractivity contribution in [3.63, 3.8) is 0 Å². The zero-order valence-corrected chi connectivity index (χ0v) is 20.4. The number of rotatable bonds is 8. The number of para-hydroxylation sites is 1. The van der Waals surface area contributed by atoms with E-state index in [9.17, 15) is 19.2 Å². The van der Waals surface area contributed by atoms with Crippen molar-refractivity contribution in [3.8, 4) is 5.75 Å². The van der Waals surface area contributed by atoms with Gasteiger partial charge in [-0.3, -0.25) is 14.4 Å². The van der Waals surface area contributed by atoms with Gasteiger partial charge >= 0.3 is 6.03 Å². The van der Waals surface area contributed by atoms with Gasteiger partial charge in [-0.15, -0.1) is 0 Å². The zero-order valence-electron chi connectivity index (χ0n) is 20.4. The van der Waals surface area contributed by atoms with Crippen molar-refractivity contribution in [3.05, 3.63) is 95.2 Å². The van der Waals surface area contributed by atoms with Gasteiger partial charge < -0.3 is 20.7 Å². The summed E-state index contributed by atoms with van der Waals surface area (Å²) in [5.41, 5.74) is 3.75. The molecule has 0 bridgehead atoms. The summed E-state index contributed by atoms with van der Waals surface area (Å²) in [4.78, 5) is 50.8. The van der Waals surface area contributed by atoms with Crippen molar-refractivity contribution < 1.29 is 23.9 Å². The van der Waals surface area contributed by atoms with Gasteiger partial charge in [-0.25, -0.2) is 9.69 Å². The third-order valence-electron chi connectivity index (χ3n) is 5.48. The maximum atomic E-state index is 12.9. The molecule has 5 amide bonds. The van der Waals surface area contributed by atoms with Gasteiger partial charge in [-0.05, 0) is 55.8 Å². The van der Waals surface area contributed by atoms with E-state index in [2.05, 4.69) is 16.0 Å². The van der Waals surface area contributed by atoms with Crippen LogP contribution in [0, 0.1) is 13.8 Å². The molecule has 3 aromatic rings. The molecule has 0 unspecified atom stereocenters. The van der Waals surface area contributed by atoms with Crippen LogP contribution >= 0.6 is 0 Å². The number of amides is 5. The minimum Gasteiger partial charge on any atom is -0.483 e. The molecule has 0 radical (unpaired) electrons. The Morgan fingerprint density at radius 3 is 2.35 bits per heavy atom. The summed E-state index contributed by atoms with van der Waals surface area (Å²) in [6.45, 7) is 3.16. The Morgan fingerprint density at radius 1 is 0.865 bits per heavy atom. The molecule has 9 heteroatoms. The van der Waals surface area contributed by atoms with E-state index < -0.39 is 24.4 Å². The average Bonchev–Trinajstić information content (AvgIpc) is 3.12. The Balaban J connectivity index is 1.39. The molecule has 0 aliphatic carbocycles. The highest BCUT2D eigenvalue weighted by Gasteiger charge is 2.35. The van der Waals surface area contributed by atoms with Gasteiger partial charge in [-0.1, -0.05) is 48.0 Å². The molecule has 3 N–H and O–H groups in total. The monoisotopic (exact) mass is 498 g/mol. The quantitative estimate of drug-likeness (QED) is 0.322. The lowest BCUT2D eigenvalue weighted by Gasteiger charge is -2.12. The third kappa shape index (κ3) is 6.61. The van der Waals surface area contributed by atoms with Gasteiger partial charge in [0.25, 0.3) is 11.8 Å². The van der Waals surface area contributed by atoms with Gasteiger partial charge in [-0.2, -0.15) is 0 Å². The van der Waals surface area contributed by atoms with E-state index in [1.807, 2.05) is 32.0 Å². The Bertz CT molecular complexity index is 1380. The second-order valence-electron chi connectivity index (χ2n) is 8.54. The van der Waals surface area contributed by atoms with E-state index in [1.165, 1.54) is 6.08 Å². The maximum Gasteiger partial charge on any atom is 0.329 e. The Labute approximate surface area is 214 Å². The lowest BCUT2D eigenvalue weighted by molar-refractivity contribution is -0.127. The predicted molar refractivity (Wildman–Crippen MR) is 140 cm³/mol. The van der Waals surface area contributed by atoms with Crippen molar-refractivity contribution in [2.45, 2.75) is 13.8 Å². The third-order valence-corrected chi connectivity index (χ3v) is 5.48. The fraction of sp³-hybridized carbons (Fsp3) is 0.143. The van der Waals surface area contributed by atoms with Crippen LogP contribution in [-0.2, 0) is 14.4 Å². The minimum atomic E-state index is -0.702. The number of hydrogen-bond donors (Lipinski definition) is 3. The van der Waals surface area contributed by atoms with Gasteiger partial charge in [0.2, 0.25) is 5.91 Å². The summed E-state index contributed by atoms with van der Waals surface area (Å²) in [5.74, 6) is -1.14. The second-order valence-corrected chi connectivity index (χ2v) is 8.54. The molecular weight excluding hydrogens is 472 g/mol. The molecular formula is C28H26N4O5. The van der Waals surface area contributed by atoms with Crippen molar-refractivity contribution in [2.24, 2.45) is 0 Å². The number of carbonyl (C=O) groups is 4. The molecule has 0 atom stereocenters. The van der Waals surface area contributed by atoms with Crippen molar-refractivity contribution in [1.82, 2.24) is 10.2 Å². The highest BCUT2D eigenvalue weighted by atomic mass is 16.5. The average molecular weight is 499 g/mol. The molecule has 0 saturated carbocycles. The van der Waals surface area contributed by atoms with Crippen LogP contribution in [0.15, 0.2) is 78.5 Å². The van der Waals surface area contributed by atoms with Gasteiger partial charge in [0.15, 0.2) is 6.61 Å². The van der Waals surface area contributed by atoms with Gasteiger partial charge in [0, 0.05) is 16.9 Å². The fourth-order valence-corrected chi connectivity index (χ4v) is 3.65. The summed E-state index contributed by atoms with van der Waals surface area (Å²) >= 11 is 0. The van der Waals surface area contributed by atoms with E-state index in [0.717, 1.165) is 16.0 Å². The topological polar surface area (TPSA) is 117 Å². The van der Waals surface area contributed by atoms with E-state index in [-0.39, 0.29) is 18.2 Å². The van der Waals surface area contributed by atoms with Gasteiger partial charge in [0.05, 0.1) is 0 Å². The molecule has 188 valence electrons. The Kier molecular flexibility index (Phi) is 7.63. The molecule has 1 saturated heterocycles. The highest BCUT2D eigenvalue weighted by Crippen LogP contribution is 2.23. The lowest BCUT2D eigenvalue weighted by atomic mass is 10.1. The number of aryl methyl sites for hydroxylation is 2. The Morgan fingerprint density at radius 2 is 1.59 bits per heavy atom. The van der Waals surface area contributed by atoms with Crippen LogP contribution in [0.3, 0.4) is 0 Å². The molecule has 0 spiro atoms. The first-order chi connectivity index (χ1) is 17.8. The van der Waals surface area contributed by atoms with E-state index in [1.54, 1.807) is 54.6 Å². The van der Waals surface area contributed by atoms with Crippen LogP contribution in [0.1, 0.15) is 16.7 Å². The molecule has 1 fully saturated rings. The molecule has 3 aromatic carbocycles. The van der Waals surface area contributed by atoms with Gasteiger partial charge in [0.1, 0.15) is 18.0 Å². The number of nitrogens with one attached hydrogen (secondary N) is 3. The summed E-state index contributed by atoms with van der Waals surface area (Å²) in [6, 6.07) is 20.7. The largest absolute Gasteiger partial charge is 0.483 e. The number of anilines is 2. The van der Waals surface area contributed by atoms with Crippen LogP contribution in [0.2, 0.25) is 0 Å². The Hall–Kier alpha value is -4.92. The number of hydrogen-bond acceptors (Lipinski definition) is 5. The first-order valence-corrected chi connectivity index (χ1v) is 11.6. The predicted octanol–water partition coefficient (Wildman–Crippen LogP) is 3.85. The van der Waals surface area contributed by atoms with Crippen LogP contribution in [-0.4, -0.2) is 41.8 Å². The number of carbonyl (C=O) groups excluding carboxylic acids is 4. The van der Waals surface area contributed by atoms with E-state index in [4.69, 9.17) is 4.74 Å². The summed E-state index contributed by atoms with van der Waals surface area (Å²) in [5, 5.41) is 7.93. The van der Waals surface area contributed by atoms with Crippen LogP contribution in [0.4, 0.5) is 16.2 Å². The second kappa shape index (κ2) is 11.2. The SMILES string of the molecule is Cc1ccc(NC(=O)COc2ccccc2/C=C2/NC(=O)N(CC(=O)Nc3cccc(C)c3)C2=O)cc1. The molecule has 9 nitrogen and oxygen atoms in total. The molecule has 37 heavy (non-hydrogen) atoms. The molecule has 1 aliphatic rings. The molecule has 1 aliphatic heterocycles. The molecule has 1 heterocycles. The van der Waals surface area contributed by atoms with Crippen molar-refractivity contribution in [2.75, 3.05) is 23.8 Å². The fourth-order valence-electron chi connectivity index (χ4n) is 3.65. The normalized spacial score (nSPS) is 13.9. The maximum absolute atomic E-state index is 12.9. The number of benzene rings is 3. The van der Waals surface area contributed by atoms with Crippen LogP contribution in [0.5, 0.6) is 5.75 Å². The minimum absolute atomic E-state index is 0.00601. The van der Waals surface area contributed by atoms with E-state index in [0.29, 0.717) is 22.7 Å². The highest BCUT2D eigenvalue weighted by molar-refractivity contribution is 6.16. The number of urea groups is 1. The summed E-state index contributed by atoms with van der Waals surface area (Å²) < 4.78 is 5.68. The zero-order chi connectivity index (χ0) is 26.4. The number of ether oxygens (including phenoxy) is 1. The first-order valence-electron chi connectivity index (χ1n) is 11.6. The molecule has 4 rings (SSSR count). The standard InChI is InChI=1S/C28H26N4O5/c1-18-10-12-21(13-11-18)29-26(34)17-37-24-9-4-3-7-20(24)15-23-27(35)32(28(36)31-23)16-25(33)30-22-8-5-6-19(2)14-22/h3-15H,16-17H2,1-2H3,(H,29,34)(H,30,33)(H,31,36)/b23-15+. The first kappa shape index (κ1) is 25.2. The van der Waals surface area contributed by atoms with Crippen LogP contribution < -0.4 is 20.7 Å².